The highest BCUT2D eigenvalue weighted by Crippen LogP contribution is 2.28. The summed E-state index contributed by atoms with van der Waals surface area (Å²) < 4.78 is 71.3. The summed E-state index contributed by atoms with van der Waals surface area (Å²) >= 11 is 0. The minimum Gasteiger partial charge on any atom is -0.239 e. The van der Waals surface area contributed by atoms with Crippen molar-refractivity contribution in [3.63, 3.8) is 0 Å². The van der Waals surface area contributed by atoms with E-state index < -0.39 is 27.8 Å². The second-order valence-corrected chi connectivity index (χ2v) is 5.75. The molecule has 0 spiro atoms. The maximum Gasteiger partial charge on any atom is 0.272 e. The van der Waals surface area contributed by atoms with Gasteiger partial charge in [-0.1, -0.05) is 12.1 Å². The lowest BCUT2D eigenvalue weighted by Crippen LogP contribution is -2.18. The Morgan fingerprint density at radius 2 is 1.47 bits per heavy atom. The van der Waals surface area contributed by atoms with E-state index in [0.29, 0.717) is 0 Å². The summed E-state index contributed by atoms with van der Waals surface area (Å²) in [5.41, 5.74) is -0.373. The second kappa shape index (κ2) is 5.22. The highest BCUT2D eigenvalue weighted by Gasteiger charge is 2.31. The number of benzene rings is 1. The normalized spacial score (nSPS) is 15.9. The van der Waals surface area contributed by atoms with Crippen molar-refractivity contribution in [1.29, 1.82) is 0 Å². The Kier molecular flexibility index (Phi) is 4.37. The van der Waals surface area contributed by atoms with Gasteiger partial charge in [0.2, 0.25) is 0 Å². The van der Waals surface area contributed by atoms with Crippen LogP contribution in [0.15, 0.2) is 29.2 Å². The number of hydrogen-bond donors (Lipinski definition) is 0. The smallest absolute Gasteiger partial charge is 0.239 e. The van der Waals surface area contributed by atoms with E-state index in [4.69, 9.17) is 10.7 Å². The summed E-state index contributed by atoms with van der Waals surface area (Å²) in [6, 6.07) is 3.63. The average Bonchev–Trinajstić information content (AvgIpc) is 2.26. The summed E-state index contributed by atoms with van der Waals surface area (Å²) in [6.07, 6.45) is -8.91. The Morgan fingerprint density at radius 1 is 1.00 bits per heavy atom. The molecular weight excluding hydrogens is 284 g/mol. The van der Waals surface area contributed by atoms with Crippen LogP contribution in [0.3, 0.4) is 0 Å². The highest BCUT2D eigenvalue weighted by molar-refractivity contribution is 8.13. The van der Waals surface area contributed by atoms with Crippen LogP contribution in [-0.2, 0) is 9.05 Å². The fourth-order valence-corrected chi connectivity index (χ4v) is 1.90. The van der Waals surface area contributed by atoms with Crippen LogP contribution in [0.25, 0.3) is 0 Å². The summed E-state index contributed by atoms with van der Waals surface area (Å²) in [5, 5.41) is 0. The summed E-state index contributed by atoms with van der Waals surface area (Å²) in [7, 11) is 1.01. The molecule has 2 nitrogen and oxygen atoms in total. The zero-order valence-electron chi connectivity index (χ0n) is 8.16. The Hall–Kier alpha value is -0.820. The fraction of sp³-hybridized carbons (Fsp3) is 0.333. The van der Waals surface area contributed by atoms with E-state index >= 15 is 0 Å². The van der Waals surface area contributed by atoms with Crippen LogP contribution in [0.2, 0.25) is 0 Å². The maximum absolute atomic E-state index is 13.2. The van der Waals surface area contributed by atoms with Gasteiger partial charge >= 0.3 is 0 Å². The predicted octanol–water partition coefficient (Wildman–Crippen LogP) is 3.23. The molecule has 0 fully saturated rings. The quantitative estimate of drug-likeness (QED) is 0.630. The van der Waals surface area contributed by atoms with Gasteiger partial charge in [0.15, 0.2) is 12.3 Å². The van der Waals surface area contributed by atoms with Crippen molar-refractivity contribution < 1.29 is 26.0 Å². The number of hydrogen-bond acceptors (Lipinski definition) is 2. The van der Waals surface area contributed by atoms with Crippen molar-refractivity contribution in [2.24, 2.45) is 0 Å². The topological polar surface area (TPSA) is 34.1 Å². The summed E-state index contributed by atoms with van der Waals surface area (Å²) in [5.74, 6) is 0. The SMILES string of the molecule is O=S(=O)(Cl)c1ccc(C(F)C(F)C(F)F)cc1. The zero-order chi connectivity index (χ0) is 13.2. The van der Waals surface area contributed by atoms with Gasteiger partial charge in [-0.05, 0) is 17.7 Å². The second-order valence-electron chi connectivity index (χ2n) is 3.19. The predicted molar refractivity (Wildman–Crippen MR) is 54.2 cm³/mol. The molecule has 1 rings (SSSR count). The molecule has 0 aliphatic carbocycles. The minimum absolute atomic E-state index is 0.317. The Balaban J connectivity index is 2.96. The zero-order valence-corrected chi connectivity index (χ0v) is 9.73. The Bertz CT molecular complexity index is 474. The van der Waals surface area contributed by atoms with E-state index in [-0.39, 0.29) is 10.5 Å². The molecule has 2 atom stereocenters. The van der Waals surface area contributed by atoms with Gasteiger partial charge in [0.25, 0.3) is 15.5 Å². The molecule has 0 bridgehead atoms. The molecule has 0 amide bonds. The van der Waals surface area contributed by atoms with Crippen molar-refractivity contribution in [3.8, 4) is 0 Å². The molecule has 0 radical (unpaired) electrons. The third-order valence-corrected chi connectivity index (χ3v) is 3.37. The first-order valence-corrected chi connectivity index (χ1v) is 6.65. The first-order valence-electron chi connectivity index (χ1n) is 4.34. The molecule has 0 aliphatic rings. The van der Waals surface area contributed by atoms with Gasteiger partial charge in [0.1, 0.15) is 0 Å². The van der Waals surface area contributed by atoms with Crippen molar-refractivity contribution in [1.82, 2.24) is 0 Å². The van der Waals surface area contributed by atoms with Gasteiger partial charge in [-0.15, -0.1) is 0 Å². The Morgan fingerprint density at radius 3 is 1.82 bits per heavy atom. The molecule has 0 heterocycles. The molecule has 1 aromatic carbocycles. The fourth-order valence-electron chi connectivity index (χ4n) is 1.13. The molecule has 1 aromatic rings. The van der Waals surface area contributed by atoms with Crippen LogP contribution in [0.1, 0.15) is 11.7 Å². The van der Waals surface area contributed by atoms with E-state index in [1.807, 2.05) is 0 Å². The van der Waals surface area contributed by atoms with Crippen LogP contribution in [0.4, 0.5) is 17.6 Å². The third-order valence-electron chi connectivity index (χ3n) is 2.00. The van der Waals surface area contributed by atoms with E-state index in [0.717, 1.165) is 24.3 Å². The number of alkyl halides is 4. The van der Waals surface area contributed by atoms with Gasteiger partial charge in [-0.25, -0.2) is 26.0 Å². The van der Waals surface area contributed by atoms with Crippen LogP contribution in [-0.4, -0.2) is 21.0 Å². The molecule has 0 aliphatic heterocycles. The standard InChI is InChI=1S/C9H7ClF4O2S/c10-17(15,16)6-3-1-5(2-4-6)7(11)8(12)9(13)14/h1-4,7-9H. The molecule has 0 aromatic heterocycles. The molecule has 0 saturated carbocycles. The van der Waals surface area contributed by atoms with Gasteiger partial charge in [0.05, 0.1) is 4.90 Å². The lowest BCUT2D eigenvalue weighted by Gasteiger charge is -2.12. The number of halogens is 5. The Labute approximate surface area is 99.6 Å². The van der Waals surface area contributed by atoms with Crippen LogP contribution >= 0.6 is 10.7 Å². The molecule has 96 valence electrons. The van der Waals surface area contributed by atoms with Gasteiger partial charge < -0.3 is 0 Å². The van der Waals surface area contributed by atoms with E-state index in [1.165, 1.54) is 0 Å². The van der Waals surface area contributed by atoms with Crippen LogP contribution < -0.4 is 0 Å². The van der Waals surface area contributed by atoms with Crippen LogP contribution in [0.5, 0.6) is 0 Å². The molecule has 2 unspecified atom stereocenters. The molecule has 0 saturated heterocycles. The summed E-state index contributed by atoms with van der Waals surface area (Å²) in [6.45, 7) is 0. The molecular formula is C9H7ClF4O2S. The highest BCUT2D eigenvalue weighted by atomic mass is 35.7. The summed E-state index contributed by atoms with van der Waals surface area (Å²) in [4.78, 5) is -0.317. The van der Waals surface area contributed by atoms with Crippen molar-refractivity contribution >= 4 is 19.7 Å². The average molecular weight is 291 g/mol. The van der Waals surface area contributed by atoms with Crippen molar-refractivity contribution in [2.75, 3.05) is 0 Å². The monoisotopic (exact) mass is 290 g/mol. The first-order chi connectivity index (χ1) is 7.73. The van der Waals surface area contributed by atoms with Crippen molar-refractivity contribution in [3.05, 3.63) is 29.8 Å². The van der Waals surface area contributed by atoms with E-state index in [2.05, 4.69) is 0 Å². The lowest BCUT2D eigenvalue weighted by atomic mass is 10.1. The molecule has 0 N–H and O–H groups in total. The first kappa shape index (κ1) is 14.2. The van der Waals surface area contributed by atoms with Gasteiger partial charge in [-0.3, -0.25) is 0 Å². The van der Waals surface area contributed by atoms with E-state index in [1.54, 1.807) is 0 Å². The minimum atomic E-state index is -3.97. The van der Waals surface area contributed by atoms with Gasteiger partial charge in [0, 0.05) is 10.7 Å². The lowest BCUT2D eigenvalue weighted by molar-refractivity contribution is 0.00279. The molecule has 8 heteroatoms. The molecule has 17 heavy (non-hydrogen) atoms. The van der Waals surface area contributed by atoms with E-state index in [9.17, 15) is 26.0 Å². The van der Waals surface area contributed by atoms with Crippen molar-refractivity contribution in [2.45, 2.75) is 23.7 Å². The largest absolute Gasteiger partial charge is 0.272 e. The third kappa shape index (κ3) is 3.57. The maximum atomic E-state index is 13.2. The van der Waals surface area contributed by atoms with Gasteiger partial charge in [-0.2, -0.15) is 0 Å². The van der Waals surface area contributed by atoms with Crippen LogP contribution in [0, 0.1) is 0 Å². The number of rotatable bonds is 4.